The minimum Gasteiger partial charge on any atom is -0.497 e. The molecule has 1 amide bonds. The van der Waals surface area contributed by atoms with Crippen LogP contribution in [0.5, 0.6) is 11.5 Å². The summed E-state index contributed by atoms with van der Waals surface area (Å²) in [5.74, 6) is 1.17. The maximum absolute atomic E-state index is 12.0. The third kappa shape index (κ3) is 4.79. The minimum atomic E-state index is -0.600. The van der Waals surface area contributed by atoms with Crippen molar-refractivity contribution in [2.45, 2.75) is 26.1 Å². The second-order valence-corrected chi connectivity index (χ2v) is 4.50. The predicted octanol–water partition coefficient (Wildman–Crippen LogP) is 1.30. The summed E-state index contributed by atoms with van der Waals surface area (Å²) in [6, 6.07) is 7.03. The molecule has 106 valence electrons. The van der Waals surface area contributed by atoms with E-state index in [9.17, 15) is 9.90 Å². The normalized spacial score (nSPS) is 13.5. The van der Waals surface area contributed by atoms with Gasteiger partial charge in [0.2, 0.25) is 0 Å². The first-order valence-corrected chi connectivity index (χ1v) is 6.17. The summed E-state index contributed by atoms with van der Waals surface area (Å²) < 4.78 is 10.6. The lowest BCUT2D eigenvalue weighted by Gasteiger charge is -2.23. The molecule has 0 aliphatic heterocycles. The molecular weight excluding hydrogens is 246 g/mol. The molecule has 0 aliphatic carbocycles. The lowest BCUT2D eigenvalue weighted by atomic mass is 10.3. The molecule has 1 rings (SSSR count). The molecule has 5 nitrogen and oxygen atoms in total. The summed E-state index contributed by atoms with van der Waals surface area (Å²) >= 11 is 0. The van der Waals surface area contributed by atoms with Gasteiger partial charge in [0.25, 0.3) is 5.91 Å². The molecule has 2 unspecified atom stereocenters. The lowest BCUT2D eigenvalue weighted by molar-refractivity contribution is -0.137. The number of benzene rings is 1. The number of hydrogen-bond donors (Lipinski definition) is 1. The molecule has 0 spiro atoms. The number of likely N-dealkylation sites (N-methyl/N-ethyl adjacent to an activating group) is 1. The van der Waals surface area contributed by atoms with E-state index in [1.165, 1.54) is 4.90 Å². The van der Waals surface area contributed by atoms with Crippen LogP contribution in [0.2, 0.25) is 0 Å². The van der Waals surface area contributed by atoms with Gasteiger partial charge in [-0.25, -0.2) is 0 Å². The Kier molecular flexibility index (Phi) is 5.63. The van der Waals surface area contributed by atoms with Gasteiger partial charge in [-0.2, -0.15) is 0 Å². The first-order valence-electron chi connectivity index (χ1n) is 6.17. The number of hydrogen-bond acceptors (Lipinski definition) is 4. The first-order chi connectivity index (χ1) is 8.93. The van der Waals surface area contributed by atoms with Crippen molar-refractivity contribution in [2.24, 2.45) is 0 Å². The molecule has 1 N–H and O–H groups in total. The smallest absolute Gasteiger partial charge is 0.263 e. The number of rotatable bonds is 6. The van der Waals surface area contributed by atoms with Crippen LogP contribution in [0.15, 0.2) is 24.3 Å². The van der Waals surface area contributed by atoms with Crippen molar-refractivity contribution < 1.29 is 19.4 Å². The Balaban J connectivity index is 2.57. The molecule has 0 saturated heterocycles. The van der Waals surface area contributed by atoms with Gasteiger partial charge in [-0.05, 0) is 38.1 Å². The molecule has 1 aromatic carbocycles. The van der Waals surface area contributed by atoms with Crippen LogP contribution in [0.1, 0.15) is 13.8 Å². The van der Waals surface area contributed by atoms with Gasteiger partial charge in [-0.3, -0.25) is 4.79 Å². The third-order valence-corrected chi connectivity index (χ3v) is 2.63. The van der Waals surface area contributed by atoms with E-state index in [-0.39, 0.29) is 12.5 Å². The zero-order valence-electron chi connectivity index (χ0n) is 11.8. The van der Waals surface area contributed by atoms with Gasteiger partial charge in [0.05, 0.1) is 13.2 Å². The van der Waals surface area contributed by atoms with Crippen molar-refractivity contribution in [1.29, 1.82) is 0 Å². The van der Waals surface area contributed by atoms with Gasteiger partial charge < -0.3 is 19.5 Å². The van der Waals surface area contributed by atoms with Crippen molar-refractivity contribution in [1.82, 2.24) is 4.90 Å². The Morgan fingerprint density at radius 3 is 2.26 bits per heavy atom. The van der Waals surface area contributed by atoms with Crippen molar-refractivity contribution in [3.05, 3.63) is 24.3 Å². The number of carbonyl (C=O) groups excluding carboxylic acids is 1. The molecule has 0 saturated carbocycles. The van der Waals surface area contributed by atoms with Gasteiger partial charge in [-0.1, -0.05) is 0 Å². The number of carbonyl (C=O) groups is 1. The molecule has 19 heavy (non-hydrogen) atoms. The van der Waals surface area contributed by atoms with E-state index in [0.717, 1.165) is 5.75 Å². The van der Waals surface area contributed by atoms with E-state index < -0.39 is 12.2 Å². The SMILES string of the molecule is COc1ccc(OC(C)C(=O)N(C)CC(C)O)cc1. The molecule has 0 heterocycles. The van der Waals surface area contributed by atoms with E-state index in [4.69, 9.17) is 9.47 Å². The Morgan fingerprint density at radius 2 is 1.79 bits per heavy atom. The molecule has 0 fully saturated rings. The van der Waals surface area contributed by atoms with Crippen molar-refractivity contribution in [2.75, 3.05) is 20.7 Å². The molecule has 0 radical (unpaired) electrons. The molecular formula is C14H21NO4. The average Bonchev–Trinajstić information content (AvgIpc) is 2.37. The van der Waals surface area contributed by atoms with E-state index in [2.05, 4.69) is 0 Å². The molecule has 0 aromatic heterocycles. The minimum absolute atomic E-state index is 0.170. The fourth-order valence-electron chi connectivity index (χ4n) is 1.71. The number of amides is 1. The van der Waals surface area contributed by atoms with Gasteiger partial charge in [-0.15, -0.1) is 0 Å². The summed E-state index contributed by atoms with van der Waals surface area (Å²) in [6.45, 7) is 3.61. The summed E-state index contributed by atoms with van der Waals surface area (Å²) in [4.78, 5) is 13.4. The molecule has 5 heteroatoms. The van der Waals surface area contributed by atoms with Crippen LogP contribution in [-0.2, 0) is 4.79 Å². The predicted molar refractivity (Wildman–Crippen MR) is 72.4 cm³/mol. The molecule has 2 atom stereocenters. The van der Waals surface area contributed by atoms with Crippen LogP contribution < -0.4 is 9.47 Å². The van der Waals surface area contributed by atoms with E-state index in [0.29, 0.717) is 5.75 Å². The highest BCUT2D eigenvalue weighted by molar-refractivity contribution is 5.80. The second-order valence-electron chi connectivity index (χ2n) is 4.50. The average molecular weight is 267 g/mol. The van der Waals surface area contributed by atoms with E-state index in [1.807, 2.05) is 0 Å². The number of aliphatic hydroxyl groups excluding tert-OH is 1. The molecule has 0 bridgehead atoms. The lowest BCUT2D eigenvalue weighted by Crippen LogP contribution is -2.41. The van der Waals surface area contributed by atoms with Crippen LogP contribution in [0.3, 0.4) is 0 Å². The van der Waals surface area contributed by atoms with Gasteiger partial charge in [0.15, 0.2) is 6.10 Å². The third-order valence-electron chi connectivity index (χ3n) is 2.63. The van der Waals surface area contributed by atoms with Crippen LogP contribution in [0, 0.1) is 0 Å². The number of nitrogens with zero attached hydrogens (tertiary/aromatic N) is 1. The van der Waals surface area contributed by atoms with Crippen LogP contribution in [0.25, 0.3) is 0 Å². The standard InChI is InChI=1S/C14H21NO4/c1-10(16)9-15(3)14(17)11(2)19-13-7-5-12(18-4)6-8-13/h5-8,10-11,16H,9H2,1-4H3. The Bertz CT molecular complexity index is 402. The summed E-state index contributed by atoms with van der Waals surface area (Å²) in [5, 5.41) is 9.25. The number of methoxy groups -OCH3 is 1. The van der Waals surface area contributed by atoms with E-state index >= 15 is 0 Å². The van der Waals surface area contributed by atoms with Crippen LogP contribution in [0.4, 0.5) is 0 Å². The quantitative estimate of drug-likeness (QED) is 0.844. The van der Waals surface area contributed by atoms with Crippen LogP contribution >= 0.6 is 0 Å². The largest absolute Gasteiger partial charge is 0.497 e. The molecule has 1 aromatic rings. The van der Waals surface area contributed by atoms with Gasteiger partial charge in [0, 0.05) is 13.6 Å². The first kappa shape index (κ1) is 15.3. The highest BCUT2D eigenvalue weighted by Crippen LogP contribution is 2.18. The monoisotopic (exact) mass is 267 g/mol. The summed E-state index contributed by atoms with van der Waals surface area (Å²) in [5.41, 5.74) is 0. The maximum atomic E-state index is 12.0. The maximum Gasteiger partial charge on any atom is 0.263 e. The topological polar surface area (TPSA) is 59.0 Å². The fraction of sp³-hybridized carbons (Fsp3) is 0.500. The van der Waals surface area contributed by atoms with E-state index in [1.54, 1.807) is 52.3 Å². The Hall–Kier alpha value is -1.75. The fourth-order valence-corrected chi connectivity index (χ4v) is 1.71. The Labute approximate surface area is 113 Å². The summed E-state index contributed by atoms with van der Waals surface area (Å²) in [6.07, 6.45) is -1.15. The van der Waals surface area contributed by atoms with Crippen molar-refractivity contribution in [3.63, 3.8) is 0 Å². The van der Waals surface area contributed by atoms with Gasteiger partial charge in [0.1, 0.15) is 11.5 Å². The zero-order valence-corrected chi connectivity index (χ0v) is 11.8. The highest BCUT2D eigenvalue weighted by Gasteiger charge is 2.20. The van der Waals surface area contributed by atoms with Gasteiger partial charge >= 0.3 is 0 Å². The molecule has 0 aliphatic rings. The zero-order chi connectivity index (χ0) is 14.4. The Morgan fingerprint density at radius 1 is 1.26 bits per heavy atom. The second kappa shape index (κ2) is 6.99. The highest BCUT2D eigenvalue weighted by atomic mass is 16.5. The summed E-state index contributed by atoms with van der Waals surface area (Å²) in [7, 11) is 3.23. The van der Waals surface area contributed by atoms with Crippen molar-refractivity contribution in [3.8, 4) is 11.5 Å². The van der Waals surface area contributed by atoms with Crippen molar-refractivity contribution >= 4 is 5.91 Å². The van der Waals surface area contributed by atoms with Crippen LogP contribution in [-0.4, -0.2) is 48.8 Å². The number of aliphatic hydroxyl groups is 1. The number of ether oxygens (including phenoxy) is 2.